The van der Waals surface area contributed by atoms with Gasteiger partial charge in [-0.2, -0.15) is 0 Å². The van der Waals surface area contributed by atoms with E-state index in [1.165, 1.54) is 12.1 Å². The normalized spacial score (nSPS) is 14.8. The fourth-order valence-electron chi connectivity index (χ4n) is 1.70. The lowest BCUT2D eigenvalue weighted by atomic mass is 10.3. The molecule has 0 bridgehead atoms. The number of nitrogens with one attached hydrogen (secondary N) is 1. The van der Waals surface area contributed by atoms with Gasteiger partial charge in [-0.25, -0.2) is 9.69 Å². The lowest BCUT2D eigenvalue weighted by Gasteiger charge is -2.13. The molecule has 1 heterocycles. The maximum Gasteiger partial charge on any atom is 0.334 e. The van der Waals surface area contributed by atoms with E-state index in [-0.39, 0.29) is 20.8 Å². The van der Waals surface area contributed by atoms with Crippen molar-refractivity contribution in [2.75, 3.05) is 18.9 Å². The van der Waals surface area contributed by atoms with Crippen molar-refractivity contribution in [3.8, 4) is 0 Å². The van der Waals surface area contributed by atoms with Gasteiger partial charge in [-0.05, 0) is 12.1 Å². The first kappa shape index (κ1) is 16.5. The first-order chi connectivity index (χ1) is 10.2. The molecule has 0 aromatic heterocycles. The Hall–Kier alpha value is -1.83. The number of rotatable bonds is 3. The van der Waals surface area contributed by atoms with E-state index in [9.17, 15) is 19.2 Å². The third-order valence-electron chi connectivity index (χ3n) is 2.84. The summed E-state index contributed by atoms with van der Waals surface area (Å²) in [4.78, 5) is 47.6. The number of carbonyl (C=O) groups is 4. The summed E-state index contributed by atoms with van der Waals surface area (Å²) in [5, 5.41) is 2.90. The van der Waals surface area contributed by atoms with Crippen LogP contribution in [-0.4, -0.2) is 47.1 Å². The van der Waals surface area contributed by atoms with E-state index in [2.05, 4.69) is 5.32 Å². The fraction of sp³-hybridized carbons (Fsp3) is 0.167. The second kappa shape index (κ2) is 6.12. The van der Waals surface area contributed by atoms with E-state index in [4.69, 9.17) is 34.8 Å². The Morgan fingerprint density at radius 2 is 1.64 bits per heavy atom. The zero-order chi connectivity index (χ0) is 16.6. The predicted molar refractivity (Wildman–Crippen MR) is 80.0 cm³/mol. The minimum atomic E-state index is -1.07. The van der Waals surface area contributed by atoms with Gasteiger partial charge in [0.2, 0.25) is 5.91 Å². The number of hydrogen-bond acceptors (Lipinski definition) is 4. The van der Waals surface area contributed by atoms with Gasteiger partial charge < -0.3 is 5.32 Å². The van der Waals surface area contributed by atoms with Gasteiger partial charge >= 0.3 is 17.8 Å². The van der Waals surface area contributed by atoms with Crippen LogP contribution in [0, 0.1) is 0 Å². The summed E-state index contributed by atoms with van der Waals surface area (Å²) >= 11 is 17.5. The number of halogens is 3. The molecular formula is C12H8Cl3N3O4. The maximum absolute atomic E-state index is 11.9. The number of benzene rings is 1. The summed E-state index contributed by atoms with van der Waals surface area (Å²) in [5.74, 6) is -2.78. The summed E-state index contributed by atoms with van der Waals surface area (Å²) in [6, 6.07) is 1.80. The zero-order valence-corrected chi connectivity index (χ0v) is 13.3. The number of urea groups is 1. The fourth-order valence-corrected chi connectivity index (χ4v) is 2.30. The van der Waals surface area contributed by atoms with Crippen molar-refractivity contribution in [1.29, 1.82) is 0 Å². The van der Waals surface area contributed by atoms with E-state index in [1.54, 1.807) is 0 Å². The standard InChI is InChI=1S/C12H8Cl3N3O4/c1-17-10(20)11(21)18(12(17)22)4-9(19)16-8-3-6(14)5(13)2-7(8)15/h2-3H,4H2,1H3,(H,16,19). The third kappa shape index (κ3) is 3.01. The highest BCUT2D eigenvalue weighted by molar-refractivity contribution is 6.45. The Labute approximate surface area is 139 Å². The zero-order valence-electron chi connectivity index (χ0n) is 11.0. The second-order valence-corrected chi connectivity index (χ2v) is 5.55. The van der Waals surface area contributed by atoms with Crippen LogP contribution in [0.3, 0.4) is 0 Å². The van der Waals surface area contributed by atoms with Crippen LogP contribution < -0.4 is 5.32 Å². The lowest BCUT2D eigenvalue weighted by Crippen LogP contribution is -2.38. The molecule has 1 saturated heterocycles. The Kier molecular flexibility index (Phi) is 4.60. The summed E-state index contributed by atoms with van der Waals surface area (Å²) < 4.78 is 0. The molecule has 2 rings (SSSR count). The van der Waals surface area contributed by atoms with E-state index in [0.717, 1.165) is 7.05 Å². The van der Waals surface area contributed by atoms with E-state index < -0.39 is 30.3 Å². The highest BCUT2D eigenvalue weighted by Crippen LogP contribution is 2.32. The van der Waals surface area contributed by atoms with Crippen molar-refractivity contribution in [1.82, 2.24) is 9.80 Å². The minimum Gasteiger partial charge on any atom is -0.323 e. The van der Waals surface area contributed by atoms with Crippen LogP contribution in [-0.2, 0) is 14.4 Å². The quantitative estimate of drug-likeness (QED) is 0.505. The molecule has 0 aliphatic carbocycles. The minimum absolute atomic E-state index is 0.134. The van der Waals surface area contributed by atoms with Crippen LogP contribution in [0.25, 0.3) is 0 Å². The van der Waals surface area contributed by atoms with E-state index in [1.807, 2.05) is 0 Å². The van der Waals surface area contributed by atoms with Crippen LogP contribution in [0.4, 0.5) is 10.5 Å². The SMILES string of the molecule is CN1C(=O)C(=O)N(CC(=O)Nc2cc(Cl)c(Cl)cc2Cl)C1=O. The number of amides is 5. The number of anilines is 1. The molecule has 116 valence electrons. The highest BCUT2D eigenvalue weighted by atomic mass is 35.5. The molecular weight excluding hydrogens is 357 g/mol. The summed E-state index contributed by atoms with van der Waals surface area (Å²) in [7, 11) is 1.15. The largest absolute Gasteiger partial charge is 0.334 e. The first-order valence-electron chi connectivity index (χ1n) is 5.80. The van der Waals surface area contributed by atoms with Gasteiger partial charge in [0, 0.05) is 7.05 Å². The van der Waals surface area contributed by atoms with Crippen LogP contribution in [0.5, 0.6) is 0 Å². The van der Waals surface area contributed by atoms with Crippen molar-refractivity contribution < 1.29 is 19.2 Å². The molecule has 1 aliphatic heterocycles. The molecule has 0 spiro atoms. The van der Waals surface area contributed by atoms with Crippen LogP contribution >= 0.6 is 34.8 Å². The number of hydrogen-bond donors (Lipinski definition) is 1. The number of nitrogens with zero attached hydrogens (tertiary/aromatic N) is 2. The van der Waals surface area contributed by atoms with Gasteiger partial charge in [0.1, 0.15) is 6.54 Å². The number of carbonyl (C=O) groups excluding carboxylic acids is 4. The first-order valence-corrected chi connectivity index (χ1v) is 6.93. The Balaban J connectivity index is 2.11. The molecule has 0 saturated carbocycles. The lowest BCUT2D eigenvalue weighted by molar-refractivity contribution is -0.143. The topological polar surface area (TPSA) is 86.8 Å². The average Bonchev–Trinajstić information content (AvgIpc) is 2.62. The van der Waals surface area contributed by atoms with Crippen molar-refractivity contribution in [2.45, 2.75) is 0 Å². The molecule has 1 aliphatic rings. The summed E-state index contributed by atoms with van der Waals surface area (Å²) in [6.07, 6.45) is 0. The Morgan fingerprint density at radius 3 is 2.18 bits per heavy atom. The smallest absolute Gasteiger partial charge is 0.323 e. The predicted octanol–water partition coefficient (Wildman–Crippen LogP) is 2.01. The Bertz CT molecular complexity index is 707. The molecule has 5 amide bonds. The van der Waals surface area contributed by atoms with Gasteiger partial charge in [-0.15, -0.1) is 0 Å². The molecule has 0 radical (unpaired) electrons. The van der Waals surface area contributed by atoms with Crippen molar-refractivity contribution in [3.63, 3.8) is 0 Å². The molecule has 0 atom stereocenters. The molecule has 10 heteroatoms. The number of imide groups is 2. The van der Waals surface area contributed by atoms with E-state index >= 15 is 0 Å². The highest BCUT2D eigenvalue weighted by Gasteiger charge is 2.43. The molecule has 1 fully saturated rings. The van der Waals surface area contributed by atoms with E-state index in [0.29, 0.717) is 9.80 Å². The molecule has 1 aromatic carbocycles. The number of likely N-dealkylation sites (N-methyl/N-ethyl adjacent to an activating group) is 1. The van der Waals surface area contributed by atoms with Gasteiger partial charge in [0.25, 0.3) is 0 Å². The summed E-state index contributed by atoms with van der Waals surface area (Å²) in [6.45, 7) is -0.621. The van der Waals surface area contributed by atoms with Gasteiger partial charge in [0.05, 0.1) is 20.8 Å². The van der Waals surface area contributed by atoms with Gasteiger partial charge in [-0.3, -0.25) is 19.3 Å². The van der Waals surface area contributed by atoms with Crippen molar-refractivity contribution in [3.05, 3.63) is 27.2 Å². The van der Waals surface area contributed by atoms with Crippen LogP contribution in [0.15, 0.2) is 12.1 Å². The Morgan fingerprint density at radius 1 is 1.05 bits per heavy atom. The maximum atomic E-state index is 11.9. The molecule has 1 aromatic rings. The molecule has 7 nitrogen and oxygen atoms in total. The molecule has 1 N–H and O–H groups in total. The average molecular weight is 365 g/mol. The second-order valence-electron chi connectivity index (χ2n) is 4.33. The van der Waals surface area contributed by atoms with Crippen molar-refractivity contribution >= 4 is 64.2 Å². The molecule has 0 unspecified atom stereocenters. The third-order valence-corrected chi connectivity index (χ3v) is 3.87. The molecule has 22 heavy (non-hydrogen) atoms. The van der Waals surface area contributed by atoms with Crippen LogP contribution in [0.2, 0.25) is 15.1 Å². The monoisotopic (exact) mass is 363 g/mol. The van der Waals surface area contributed by atoms with Gasteiger partial charge in [0.15, 0.2) is 0 Å². The summed E-state index contributed by atoms with van der Waals surface area (Å²) in [5.41, 5.74) is 0.167. The van der Waals surface area contributed by atoms with Crippen LogP contribution in [0.1, 0.15) is 0 Å². The van der Waals surface area contributed by atoms with Crippen molar-refractivity contribution in [2.24, 2.45) is 0 Å². The van der Waals surface area contributed by atoms with Gasteiger partial charge in [-0.1, -0.05) is 34.8 Å².